The quantitative estimate of drug-likeness (QED) is 0.0935. The summed E-state index contributed by atoms with van der Waals surface area (Å²) in [6.07, 6.45) is 6.32. The van der Waals surface area contributed by atoms with E-state index in [0.717, 1.165) is 50.8 Å². The van der Waals surface area contributed by atoms with Gasteiger partial charge in [0.1, 0.15) is 23.9 Å². The maximum absolute atomic E-state index is 16.7. The van der Waals surface area contributed by atoms with E-state index in [2.05, 4.69) is 21.4 Å². The zero-order chi connectivity index (χ0) is 45.5. The molecule has 1 unspecified atom stereocenters. The molecule has 4 saturated heterocycles. The van der Waals surface area contributed by atoms with Crippen LogP contribution >= 0.6 is 18.9 Å². The first kappa shape index (κ1) is 45.0. The number of para-hydroxylation sites is 1. The Balaban J connectivity index is 0.950. The van der Waals surface area contributed by atoms with Crippen molar-refractivity contribution < 1.29 is 37.4 Å². The number of hydrogen-bond acceptors (Lipinski definition) is 10. The van der Waals surface area contributed by atoms with Gasteiger partial charge >= 0.3 is 13.5 Å². The van der Waals surface area contributed by atoms with E-state index in [4.69, 9.17) is 9.26 Å². The van der Waals surface area contributed by atoms with E-state index in [0.29, 0.717) is 47.2 Å². The first-order chi connectivity index (χ1) is 31.4. The highest BCUT2D eigenvalue weighted by molar-refractivity contribution is 7.57. The molecule has 2 N–H and O–H groups in total. The number of hydrogen-bond donors (Lipinski definition) is 2. The molecule has 16 heteroatoms. The second-order valence-electron chi connectivity index (χ2n) is 18.3. The van der Waals surface area contributed by atoms with Crippen LogP contribution in [0.15, 0.2) is 84.9 Å². The molecule has 3 amide bonds. The fourth-order valence-electron chi connectivity index (χ4n) is 10.6. The predicted octanol–water partition coefficient (Wildman–Crippen LogP) is 8.09. The summed E-state index contributed by atoms with van der Waals surface area (Å²) in [7, 11) is -4.47. The Hall–Kier alpha value is -5.13. The van der Waals surface area contributed by atoms with Crippen LogP contribution in [0.1, 0.15) is 104 Å². The highest BCUT2D eigenvalue weighted by Gasteiger charge is 2.64. The first-order valence-electron chi connectivity index (χ1n) is 23.0. The Kier molecular flexibility index (Phi) is 12.9. The van der Waals surface area contributed by atoms with Gasteiger partial charge in [-0.05, 0) is 125 Å². The highest BCUT2D eigenvalue weighted by atomic mass is 32.1. The van der Waals surface area contributed by atoms with E-state index in [1.165, 1.54) is 30.4 Å². The number of esters is 1. The molecule has 1 aromatic heterocycles. The number of carbonyl (C=O) groups is 4. The van der Waals surface area contributed by atoms with Crippen LogP contribution < -0.4 is 14.9 Å². The molecule has 1 spiro atoms. The smallest absolute Gasteiger partial charge is 0.355 e. The Morgan fingerprint density at radius 3 is 2.38 bits per heavy atom. The largest absolute Gasteiger partial charge is 0.465 e. The van der Waals surface area contributed by atoms with Gasteiger partial charge in [0.05, 0.1) is 29.0 Å². The third-order valence-corrected chi connectivity index (χ3v) is 17.4. The van der Waals surface area contributed by atoms with Crippen molar-refractivity contribution in [1.82, 2.24) is 25.1 Å². The second-order valence-corrected chi connectivity index (χ2v) is 21.5. The van der Waals surface area contributed by atoms with Crippen LogP contribution in [-0.2, 0) is 23.7 Å². The third-order valence-electron chi connectivity index (χ3n) is 14.2. The molecule has 1 aliphatic carbocycles. The minimum Gasteiger partial charge on any atom is -0.465 e. The van der Waals surface area contributed by atoms with Crippen LogP contribution in [0, 0.1) is 17.2 Å². The summed E-state index contributed by atoms with van der Waals surface area (Å²) in [5.74, 6) is -4.01. The number of amides is 3. The van der Waals surface area contributed by atoms with Crippen LogP contribution in [0.4, 0.5) is 4.39 Å². The van der Waals surface area contributed by atoms with Gasteiger partial charge in [0.25, 0.3) is 5.91 Å². The molecule has 9 atom stereocenters. The average molecular weight is 923 g/mol. The number of thiophene rings is 1. The van der Waals surface area contributed by atoms with Gasteiger partial charge in [-0.25, -0.2) is 9.48 Å². The number of alkyl halides is 1. The lowest BCUT2D eigenvalue weighted by Crippen LogP contribution is -2.60. The van der Waals surface area contributed by atoms with E-state index in [1.54, 1.807) is 47.4 Å². The molecule has 3 aromatic carbocycles. The van der Waals surface area contributed by atoms with Gasteiger partial charge in [-0.1, -0.05) is 61.5 Å². The van der Waals surface area contributed by atoms with E-state index < -0.39 is 49.0 Å². The zero-order valence-corrected chi connectivity index (χ0v) is 38.5. The average Bonchev–Trinajstić information content (AvgIpc) is 3.62. The van der Waals surface area contributed by atoms with Crippen LogP contribution in [0.2, 0.25) is 0 Å². The lowest BCUT2D eigenvalue weighted by Gasteiger charge is -2.44. The number of nitriles is 1. The molecule has 1 saturated carbocycles. The fourth-order valence-corrected chi connectivity index (χ4v) is 13.4. The molecular formula is C49H56FN6O7PS. The van der Waals surface area contributed by atoms with Crippen molar-refractivity contribution in [2.24, 2.45) is 5.92 Å². The number of nitrogens with one attached hydrogen (secondary N) is 2. The minimum atomic E-state index is -4.47. The minimum absolute atomic E-state index is 0.0216. The normalized spacial score (nSPS) is 26.8. The van der Waals surface area contributed by atoms with Crippen molar-refractivity contribution in [3.63, 3.8) is 0 Å². The molecule has 5 aliphatic rings. The number of carbonyl (C=O) groups excluding carboxylic acids is 4. The maximum Gasteiger partial charge on any atom is 0.355 e. The number of fused-ring (bicyclic) bond motifs is 2. The van der Waals surface area contributed by atoms with Gasteiger partial charge in [0, 0.05) is 29.2 Å². The molecule has 342 valence electrons. The predicted molar refractivity (Wildman–Crippen MR) is 245 cm³/mol. The number of nitrogens with zero attached hydrogens (tertiary/aromatic N) is 4. The molecule has 0 radical (unpaired) electrons. The summed E-state index contributed by atoms with van der Waals surface area (Å²) in [5.41, 5.74) is 0.531. The number of benzene rings is 3. The van der Waals surface area contributed by atoms with Crippen molar-refractivity contribution in [2.75, 3.05) is 26.2 Å². The topological polar surface area (TPSA) is 161 Å². The van der Waals surface area contributed by atoms with Crippen molar-refractivity contribution in [3.8, 4) is 11.8 Å². The van der Waals surface area contributed by atoms with Crippen LogP contribution in [0.3, 0.4) is 0 Å². The van der Waals surface area contributed by atoms with Crippen LogP contribution in [0.25, 0.3) is 10.1 Å². The SMILES string of the molecule is CCCOC(=O)[C@H](C)NP(=O)(Oc1ccccc1)[C@H](F)c1ccc2sc(C(=O)N[C@H]3CC[C@H](N4CCC4)C[C@H]4CC[C@@H](C(=O)N5C[C@H](c6ccccc6)[C@@H](C#N)C56CC6)N4C3=O)cc2c1. The van der Waals surface area contributed by atoms with Crippen LogP contribution in [-0.4, -0.2) is 100 Å². The lowest BCUT2D eigenvalue weighted by molar-refractivity contribution is -0.148. The zero-order valence-electron chi connectivity index (χ0n) is 36.8. The molecular weight excluding hydrogens is 867 g/mol. The van der Waals surface area contributed by atoms with Gasteiger partial charge in [-0.15, -0.1) is 11.3 Å². The lowest BCUT2D eigenvalue weighted by atomic mass is 9.85. The molecule has 65 heavy (non-hydrogen) atoms. The molecule has 5 fully saturated rings. The highest BCUT2D eigenvalue weighted by Crippen LogP contribution is 2.59. The second kappa shape index (κ2) is 18.6. The van der Waals surface area contributed by atoms with Crippen molar-refractivity contribution in [1.29, 1.82) is 5.26 Å². The summed E-state index contributed by atoms with van der Waals surface area (Å²) >= 11 is 1.19. The standard InChI is InChI=1S/C49H56FN6O7PS/c1-3-25-62-48(60)31(2)53-64(61,63-37-13-8-5-9-14-37)44(50)33-15-20-42-34(26-33)27-43(65-42)45(57)52-40-18-16-35(54-23-10-24-54)28-36-17-19-41(56(36)46(40)58)47(59)55-30-38(32-11-6-4-7-12-32)39(29-51)49(55)21-22-49/h4-9,11-15,20,26-27,31,35-36,38-41,44H,3,10,16-19,21-25,28,30H2,1-2H3,(H,52,57)(H,53,61)/t31-,35-,36+,38+,39+,40-,41-,44-,64?/m0/s1. The summed E-state index contributed by atoms with van der Waals surface area (Å²) in [6.45, 7) is 5.83. The molecule has 13 nitrogen and oxygen atoms in total. The number of rotatable bonds is 14. The third kappa shape index (κ3) is 8.83. The van der Waals surface area contributed by atoms with Gasteiger partial charge in [0.15, 0.2) is 0 Å². The maximum atomic E-state index is 16.7. The molecule has 5 heterocycles. The Bertz CT molecular complexity index is 2510. The monoisotopic (exact) mass is 922 g/mol. The van der Waals surface area contributed by atoms with Gasteiger partial charge < -0.3 is 29.3 Å². The Morgan fingerprint density at radius 1 is 0.985 bits per heavy atom. The summed E-state index contributed by atoms with van der Waals surface area (Å²) in [5, 5.41) is 16.6. The summed E-state index contributed by atoms with van der Waals surface area (Å²) in [4.78, 5) is 63.1. The number of ether oxygens (including phenoxy) is 1. The Labute approximate surface area is 383 Å². The van der Waals surface area contributed by atoms with E-state index in [1.807, 2.05) is 42.2 Å². The van der Waals surface area contributed by atoms with Crippen molar-refractivity contribution >= 4 is 52.6 Å². The van der Waals surface area contributed by atoms with Gasteiger partial charge in [-0.3, -0.25) is 23.7 Å². The summed E-state index contributed by atoms with van der Waals surface area (Å²) in [6, 6.07) is 24.3. The fraction of sp³-hybridized carbons (Fsp3) is 0.490. The van der Waals surface area contributed by atoms with Crippen molar-refractivity contribution in [3.05, 3.63) is 101 Å². The molecule has 4 aliphatic heterocycles. The number of likely N-dealkylation sites (tertiary alicyclic amines) is 2. The van der Waals surface area contributed by atoms with E-state index >= 15 is 4.39 Å². The first-order valence-corrected chi connectivity index (χ1v) is 25.5. The van der Waals surface area contributed by atoms with Crippen LogP contribution in [0.5, 0.6) is 5.75 Å². The van der Waals surface area contributed by atoms with E-state index in [-0.39, 0.29) is 53.7 Å². The molecule has 4 aromatic rings. The van der Waals surface area contributed by atoms with Crippen molar-refractivity contribution in [2.45, 2.75) is 119 Å². The van der Waals surface area contributed by atoms with Gasteiger partial charge in [-0.2, -0.15) is 5.26 Å². The molecule has 0 bridgehead atoms. The number of halogens is 1. The van der Waals surface area contributed by atoms with E-state index in [9.17, 15) is 29.0 Å². The Morgan fingerprint density at radius 2 is 1.71 bits per heavy atom. The summed E-state index contributed by atoms with van der Waals surface area (Å²) < 4.78 is 42.8. The molecule has 9 rings (SSSR count). The van der Waals surface area contributed by atoms with Gasteiger partial charge in [0.2, 0.25) is 17.7 Å².